The van der Waals surface area contributed by atoms with Gasteiger partial charge in [0.25, 0.3) is 5.91 Å². The van der Waals surface area contributed by atoms with Crippen LogP contribution in [-0.4, -0.2) is 53.7 Å². The van der Waals surface area contributed by atoms with Crippen LogP contribution in [0.2, 0.25) is 0 Å². The van der Waals surface area contributed by atoms with Crippen LogP contribution in [0.25, 0.3) is 22.7 Å². The van der Waals surface area contributed by atoms with Crippen LogP contribution in [0.3, 0.4) is 0 Å². The number of H-pyrrole nitrogens is 1. The van der Waals surface area contributed by atoms with Gasteiger partial charge in [-0.05, 0) is 35.9 Å². The van der Waals surface area contributed by atoms with Gasteiger partial charge in [-0.1, -0.05) is 24.3 Å². The first-order valence-electron chi connectivity index (χ1n) is 9.19. The Labute approximate surface area is 165 Å². The maximum absolute atomic E-state index is 13.2. The lowest BCUT2D eigenvalue weighted by Gasteiger charge is -2.27. The standard InChI is InChI=1S/C21H19F2N3O3/c22-21(23)29-15-7-5-14(6-8-15)13-16(20(27)26-9-11-28-12-10-26)19-24-17-3-1-2-4-18(17)25-19/h1-8,13,21H,9-12H2,(H,24,25)/b16-13+. The molecule has 1 N–H and O–H groups in total. The first kappa shape index (κ1) is 19.1. The van der Waals surface area contributed by atoms with Crippen LogP contribution in [0.5, 0.6) is 5.75 Å². The summed E-state index contributed by atoms with van der Waals surface area (Å²) in [5.41, 5.74) is 2.64. The Kier molecular flexibility index (Phi) is 5.53. The second-order valence-corrected chi connectivity index (χ2v) is 6.51. The summed E-state index contributed by atoms with van der Waals surface area (Å²) >= 11 is 0. The number of carbonyl (C=O) groups excluding carboxylic acids is 1. The number of hydrogen-bond acceptors (Lipinski definition) is 4. The molecule has 2 aromatic carbocycles. The number of benzene rings is 2. The van der Waals surface area contributed by atoms with Gasteiger partial charge in [0.05, 0.1) is 29.8 Å². The lowest BCUT2D eigenvalue weighted by atomic mass is 10.1. The van der Waals surface area contributed by atoms with Crippen LogP contribution < -0.4 is 4.74 Å². The average molecular weight is 399 g/mol. The van der Waals surface area contributed by atoms with Crippen LogP contribution in [-0.2, 0) is 9.53 Å². The Hall–Kier alpha value is -3.26. The number of ether oxygens (including phenoxy) is 2. The smallest absolute Gasteiger partial charge is 0.387 e. The molecule has 1 aliphatic rings. The summed E-state index contributed by atoms with van der Waals surface area (Å²) in [6, 6.07) is 13.6. The van der Waals surface area contributed by atoms with Gasteiger partial charge in [0.2, 0.25) is 0 Å². The lowest BCUT2D eigenvalue weighted by molar-refractivity contribution is -0.128. The minimum Gasteiger partial charge on any atom is -0.435 e. The van der Waals surface area contributed by atoms with E-state index in [2.05, 4.69) is 14.7 Å². The quantitative estimate of drug-likeness (QED) is 0.666. The van der Waals surface area contributed by atoms with E-state index in [0.717, 1.165) is 11.0 Å². The highest BCUT2D eigenvalue weighted by Gasteiger charge is 2.24. The fourth-order valence-electron chi connectivity index (χ4n) is 3.16. The number of amides is 1. The number of para-hydroxylation sites is 2. The van der Waals surface area contributed by atoms with Crippen LogP contribution in [0.15, 0.2) is 48.5 Å². The zero-order valence-electron chi connectivity index (χ0n) is 15.5. The van der Waals surface area contributed by atoms with Crippen molar-refractivity contribution in [1.29, 1.82) is 0 Å². The third-order valence-electron chi connectivity index (χ3n) is 4.59. The number of carbonyl (C=O) groups is 1. The molecule has 2 heterocycles. The third kappa shape index (κ3) is 4.43. The molecule has 3 aromatic rings. The van der Waals surface area contributed by atoms with Crippen molar-refractivity contribution in [3.63, 3.8) is 0 Å². The van der Waals surface area contributed by atoms with E-state index >= 15 is 0 Å². The normalized spacial score (nSPS) is 15.1. The average Bonchev–Trinajstić information content (AvgIpc) is 3.17. The molecule has 8 heteroatoms. The van der Waals surface area contributed by atoms with Gasteiger partial charge in [-0.25, -0.2) is 4.98 Å². The largest absolute Gasteiger partial charge is 0.435 e. The van der Waals surface area contributed by atoms with Crippen molar-refractivity contribution in [2.75, 3.05) is 26.3 Å². The lowest BCUT2D eigenvalue weighted by Crippen LogP contribution is -2.41. The number of halogens is 2. The van der Waals surface area contributed by atoms with Crippen LogP contribution in [0.1, 0.15) is 11.4 Å². The number of nitrogens with one attached hydrogen (secondary N) is 1. The molecule has 1 amide bonds. The zero-order valence-corrected chi connectivity index (χ0v) is 15.5. The molecule has 0 atom stereocenters. The van der Waals surface area contributed by atoms with Gasteiger partial charge >= 0.3 is 6.61 Å². The molecule has 1 aliphatic heterocycles. The number of nitrogens with zero attached hydrogens (tertiary/aromatic N) is 2. The highest BCUT2D eigenvalue weighted by molar-refractivity contribution is 6.23. The topological polar surface area (TPSA) is 67.5 Å². The molecule has 0 unspecified atom stereocenters. The van der Waals surface area contributed by atoms with Gasteiger partial charge in [0.15, 0.2) is 0 Å². The molecule has 29 heavy (non-hydrogen) atoms. The van der Waals surface area contributed by atoms with E-state index in [-0.39, 0.29) is 11.7 Å². The third-order valence-corrected chi connectivity index (χ3v) is 4.59. The molecule has 150 valence electrons. The summed E-state index contributed by atoms with van der Waals surface area (Å²) < 4.78 is 34.4. The Morgan fingerprint density at radius 1 is 1.14 bits per heavy atom. The molecule has 1 aromatic heterocycles. The summed E-state index contributed by atoms with van der Waals surface area (Å²) in [7, 11) is 0. The van der Waals surface area contributed by atoms with Gasteiger partial charge in [-0.3, -0.25) is 4.79 Å². The van der Waals surface area contributed by atoms with E-state index in [1.165, 1.54) is 12.1 Å². The van der Waals surface area contributed by atoms with Gasteiger partial charge < -0.3 is 19.4 Å². The van der Waals surface area contributed by atoms with Crippen molar-refractivity contribution in [3.8, 4) is 5.75 Å². The predicted octanol–water partition coefficient (Wildman–Crippen LogP) is 3.56. The fourth-order valence-corrected chi connectivity index (χ4v) is 3.16. The van der Waals surface area contributed by atoms with Crippen LogP contribution in [0, 0.1) is 0 Å². The molecule has 0 bridgehead atoms. The van der Waals surface area contributed by atoms with E-state index in [1.807, 2.05) is 24.3 Å². The maximum atomic E-state index is 13.2. The minimum atomic E-state index is -2.88. The number of imidazole rings is 1. The van der Waals surface area contributed by atoms with Crippen molar-refractivity contribution in [1.82, 2.24) is 14.9 Å². The number of aromatic amines is 1. The summed E-state index contributed by atoms with van der Waals surface area (Å²) in [5, 5.41) is 0. The SMILES string of the molecule is O=C(/C(=C/c1ccc(OC(F)F)cc1)c1nc2ccccc2[nH]1)N1CCOCC1. The molecular formula is C21H19F2N3O3. The highest BCUT2D eigenvalue weighted by atomic mass is 19.3. The molecule has 6 nitrogen and oxygen atoms in total. The number of rotatable bonds is 5. The molecule has 1 fully saturated rings. The molecule has 0 spiro atoms. The Balaban J connectivity index is 1.70. The first-order chi connectivity index (χ1) is 14.1. The van der Waals surface area contributed by atoms with E-state index in [4.69, 9.17) is 4.74 Å². The predicted molar refractivity (Wildman–Crippen MR) is 104 cm³/mol. The second kappa shape index (κ2) is 8.40. The fraction of sp³-hybridized carbons (Fsp3) is 0.238. The molecule has 0 saturated carbocycles. The highest BCUT2D eigenvalue weighted by Crippen LogP contribution is 2.24. The van der Waals surface area contributed by atoms with E-state index in [0.29, 0.717) is 43.3 Å². The van der Waals surface area contributed by atoms with Crippen LogP contribution in [0.4, 0.5) is 8.78 Å². The molecule has 0 aliphatic carbocycles. The van der Waals surface area contributed by atoms with Crippen molar-refractivity contribution < 1.29 is 23.0 Å². The zero-order chi connectivity index (χ0) is 20.2. The van der Waals surface area contributed by atoms with Gasteiger partial charge in [0.1, 0.15) is 11.6 Å². The van der Waals surface area contributed by atoms with Crippen molar-refractivity contribution in [3.05, 3.63) is 59.9 Å². The summed E-state index contributed by atoms with van der Waals surface area (Å²) in [6.07, 6.45) is 1.70. The van der Waals surface area contributed by atoms with Crippen molar-refractivity contribution in [2.45, 2.75) is 6.61 Å². The maximum Gasteiger partial charge on any atom is 0.387 e. The Morgan fingerprint density at radius 3 is 2.55 bits per heavy atom. The van der Waals surface area contributed by atoms with Gasteiger partial charge in [-0.2, -0.15) is 8.78 Å². The van der Waals surface area contributed by atoms with Crippen LogP contribution >= 0.6 is 0 Å². The van der Waals surface area contributed by atoms with E-state index < -0.39 is 6.61 Å². The molecular weight excluding hydrogens is 380 g/mol. The second-order valence-electron chi connectivity index (χ2n) is 6.51. The number of aromatic nitrogens is 2. The minimum absolute atomic E-state index is 0.0574. The first-order valence-corrected chi connectivity index (χ1v) is 9.19. The van der Waals surface area contributed by atoms with Gasteiger partial charge in [-0.15, -0.1) is 0 Å². The summed E-state index contributed by atoms with van der Waals surface area (Å²) in [6.45, 7) is -0.919. The molecule has 1 saturated heterocycles. The number of hydrogen-bond donors (Lipinski definition) is 1. The summed E-state index contributed by atoms with van der Waals surface area (Å²) in [5.74, 6) is 0.345. The number of morpholine rings is 1. The van der Waals surface area contributed by atoms with Crippen molar-refractivity contribution in [2.24, 2.45) is 0 Å². The Bertz CT molecular complexity index is 992. The summed E-state index contributed by atoms with van der Waals surface area (Å²) in [4.78, 5) is 22.7. The number of alkyl halides is 2. The number of fused-ring (bicyclic) bond motifs is 1. The Morgan fingerprint density at radius 2 is 1.86 bits per heavy atom. The van der Waals surface area contributed by atoms with Crippen molar-refractivity contribution >= 4 is 28.6 Å². The monoisotopic (exact) mass is 399 g/mol. The van der Waals surface area contributed by atoms with E-state index in [9.17, 15) is 13.6 Å². The molecule has 4 rings (SSSR count). The van der Waals surface area contributed by atoms with Gasteiger partial charge in [0, 0.05) is 13.1 Å². The molecule has 0 radical (unpaired) electrons. The van der Waals surface area contributed by atoms with E-state index in [1.54, 1.807) is 23.1 Å².